The topological polar surface area (TPSA) is 44.8 Å². The zero-order chi connectivity index (χ0) is 17.8. The second-order valence-corrected chi connectivity index (χ2v) is 7.71. The van der Waals surface area contributed by atoms with Gasteiger partial charge in [-0.15, -0.1) is 0 Å². The summed E-state index contributed by atoms with van der Waals surface area (Å²) in [4.78, 5) is 17.3. The van der Waals surface area contributed by atoms with Gasteiger partial charge in [0.2, 0.25) is 5.91 Å². The first-order valence-electron chi connectivity index (χ1n) is 9.50. The summed E-state index contributed by atoms with van der Waals surface area (Å²) in [6.07, 6.45) is 1.26. The number of hydrogen-bond acceptors (Lipinski definition) is 4. The van der Waals surface area contributed by atoms with E-state index in [9.17, 15) is 4.79 Å². The molecule has 5 heteroatoms. The fourth-order valence-electron chi connectivity index (χ4n) is 4.02. The number of carbonyl (C=O) groups excluding carboxylic acids is 1. The molecule has 1 aromatic carbocycles. The Morgan fingerprint density at radius 3 is 2.32 bits per heavy atom. The molecule has 1 aromatic rings. The van der Waals surface area contributed by atoms with Crippen molar-refractivity contribution in [3.05, 3.63) is 24.3 Å². The summed E-state index contributed by atoms with van der Waals surface area (Å²) >= 11 is 0. The number of hydrogen-bond donors (Lipinski definition) is 1. The van der Waals surface area contributed by atoms with Crippen LogP contribution in [0.1, 0.15) is 27.2 Å². The van der Waals surface area contributed by atoms with Gasteiger partial charge in [0, 0.05) is 37.6 Å². The van der Waals surface area contributed by atoms with Gasteiger partial charge in [-0.3, -0.25) is 9.69 Å². The number of benzene rings is 1. The van der Waals surface area contributed by atoms with Crippen LogP contribution in [-0.4, -0.2) is 56.2 Å². The Morgan fingerprint density at radius 2 is 1.72 bits per heavy atom. The van der Waals surface area contributed by atoms with Crippen LogP contribution in [-0.2, 0) is 9.53 Å². The summed E-state index contributed by atoms with van der Waals surface area (Å²) in [5.74, 6) is 1.40. The van der Waals surface area contributed by atoms with Gasteiger partial charge in [0.25, 0.3) is 0 Å². The van der Waals surface area contributed by atoms with E-state index in [0.717, 1.165) is 45.1 Å². The van der Waals surface area contributed by atoms with E-state index in [-0.39, 0.29) is 11.9 Å². The molecule has 5 nitrogen and oxygen atoms in total. The Kier molecular flexibility index (Phi) is 5.97. The Hall–Kier alpha value is -1.59. The molecule has 2 fully saturated rings. The standard InChI is InChI=1S/C20H31N3O2/c1-15-12-16(2)14-23(13-15)17(3)20(24)21-18-4-6-19(7-5-18)22-8-10-25-11-9-22/h4-7,15-17H,8-14H2,1-3H3,(H,21,24)/t15-,16+,17-/m0/s1. The van der Waals surface area contributed by atoms with Crippen molar-refractivity contribution in [3.8, 4) is 0 Å². The van der Waals surface area contributed by atoms with Crippen LogP contribution in [0.2, 0.25) is 0 Å². The van der Waals surface area contributed by atoms with Gasteiger partial charge in [-0.2, -0.15) is 0 Å². The summed E-state index contributed by atoms with van der Waals surface area (Å²) < 4.78 is 5.39. The van der Waals surface area contributed by atoms with Crippen molar-refractivity contribution in [3.63, 3.8) is 0 Å². The van der Waals surface area contributed by atoms with Gasteiger partial charge >= 0.3 is 0 Å². The highest BCUT2D eigenvalue weighted by atomic mass is 16.5. The van der Waals surface area contributed by atoms with Crippen molar-refractivity contribution in [1.82, 2.24) is 4.90 Å². The van der Waals surface area contributed by atoms with E-state index < -0.39 is 0 Å². The second kappa shape index (κ2) is 8.19. The lowest BCUT2D eigenvalue weighted by atomic mass is 9.91. The number of amides is 1. The Morgan fingerprint density at radius 1 is 1.12 bits per heavy atom. The molecule has 0 aromatic heterocycles. The van der Waals surface area contributed by atoms with Gasteiger partial charge in [0.1, 0.15) is 0 Å². The molecule has 0 radical (unpaired) electrons. The van der Waals surface area contributed by atoms with Crippen molar-refractivity contribution in [2.45, 2.75) is 33.2 Å². The molecule has 2 saturated heterocycles. The summed E-state index contributed by atoms with van der Waals surface area (Å²) in [6, 6.07) is 8.06. The molecule has 25 heavy (non-hydrogen) atoms. The maximum absolute atomic E-state index is 12.6. The van der Waals surface area contributed by atoms with Crippen molar-refractivity contribution in [1.29, 1.82) is 0 Å². The zero-order valence-electron chi connectivity index (χ0n) is 15.7. The highest BCUT2D eigenvalue weighted by Gasteiger charge is 2.28. The van der Waals surface area contributed by atoms with Crippen molar-refractivity contribution in [2.75, 3.05) is 49.6 Å². The maximum atomic E-state index is 12.6. The smallest absolute Gasteiger partial charge is 0.241 e. The van der Waals surface area contributed by atoms with E-state index >= 15 is 0 Å². The molecule has 0 spiro atoms. The summed E-state index contributed by atoms with van der Waals surface area (Å²) in [6.45, 7) is 12.0. The first kappa shape index (κ1) is 18.2. The SMILES string of the molecule is C[C@@H]1C[C@H](C)CN([C@@H](C)C(=O)Nc2ccc(N3CCOCC3)cc2)C1. The predicted octanol–water partition coefficient (Wildman–Crippen LogP) is 2.83. The molecule has 3 atom stereocenters. The minimum Gasteiger partial charge on any atom is -0.378 e. The Balaban J connectivity index is 1.56. The first-order valence-corrected chi connectivity index (χ1v) is 9.50. The maximum Gasteiger partial charge on any atom is 0.241 e. The molecule has 2 heterocycles. The van der Waals surface area contributed by atoms with Gasteiger partial charge in [-0.25, -0.2) is 0 Å². The van der Waals surface area contributed by atoms with Gasteiger partial charge in [-0.05, 0) is 49.4 Å². The number of morpholine rings is 1. The van der Waals surface area contributed by atoms with Crippen LogP contribution in [0.25, 0.3) is 0 Å². The highest BCUT2D eigenvalue weighted by molar-refractivity contribution is 5.94. The summed E-state index contributed by atoms with van der Waals surface area (Å²) in [5, 5.41) is 3.07. The summed E-state index contributed by atoms with van der Waals surface area (Å²) in [7, 11) is 0. The lowest BCUT2D eigenvalue weighted by Crippen LogP contribution is -2.48. The predicted molar refractivity (Wildman–Crippen MR) is 102 cm³/mol. The fourth-order valence-corrected chi connectivity index (χ4v) is 4.02. The minimum absolute atomic E-state index is 0.0837. The van der Waals surface area contributed by atoms with Crippen molar-refractivity contribution >= 4 is 17.3 Å². The normalized spacial score (nSPS) is 26.3. The molecule has 138 valence electrons. The highest BCUT2D eigenvalue weighted by Crippen LogP contribution is 2.23. The monoisotopic (exact) mass is 345 g/mol. The number of carbonyl (C=O) groups is 1. The third-order valence-corrected chi connectivity index (χ3v) is 5.34. The van der Waals surface area contributed by atoms with E-state index in [1.54, 1.807) is 0 Å². The van der Waals surface area contributed by atoms with Crippen LogP contribution >= 0.6 is 0 Å². The third kappa shape index (κ3) is 4.73. The summed E-state index contributed by atoms with van der Waals surface area (Å²) in [5.41, 5.74) is 2.06. The van der Waals surface area contributed by atoms with Gasteiger partial charge < -0.3 is 15.0 Å². The van der Waals surface area contributed by atoms with Gasteiger partial charge in [0.05, 0.1) is 19.3 Å². The average molecular weight is 345 g/mol. The second-order valence-electron chi connectivity index (χ2n) is 7.71. The number of piperidine rings is 1. The minimum atomic E-state index is -0.0934. The first-order chi connectivity index (χ1) is 12.0. The van der Waals surface area contributed by atoms with Crippen molar-refractivity contribution < 1.29 is 9.53 Å². The zero-order valence-corrected chi connectivity index (χ0v) is 15.7. The quantitative estimate of drug-likeness (QED) is 0.911. The number of rotatable bonds is 4. The van der Waals surface area contributed by atoms with Crippen LogP contribution in [0, 0.1) is 11.8 Å². The molecule has 0 saturated carbocycles. The van der Waals surface area contributed by atoms with Crippen LogP contribution in [0.4, 0.5) is 11.4 Å². The molecule has 2 aliphatic heterocycles. The average Bonchev–Trinajstić information content (AvgIpc) is 2.61. The van der Waals surface area contributed by atoms with Crippen LogP contribution in [0.3, 0.4) is 0 Å². The lowest BCUT2D eigenvalue weighted by molar-refractivity contribution is -0.121. The van der Waals surface area contributed by atoms with E-state index in [1.807, 2.05) is 19.1 Å². The number of nitrogens with zero attached hydrogens (tertiary/aromatic N) is 2. The molecule has 2 aliphatic rings. The van der Waals surface area contributed by atoms with E-state index in [2.05, 4.69) is 41.1 Å². The number of anilines is 2. The van der Waals surface area contributed by atoms with Crippen LogP contribution < -0.4 is 10.2 Å². The third-order valence-electron chi connectivity index (χ3n) is 5.34. The lowest BCUT2D eigenvalue weighted by Gasteiger charge is -2.38. The number of ether oxygens (including phenoxy) is 1. The van der Waals surface area contributed by atoms with Gasteiger partial charge in [-0.1, -0.05) is 13.8 Å². The van der Waals surface area contributed by atoms with Gasteiger partial charge in [0.15, 0.2) is 0 Å². The molecule has 1 amide bonds. The number of nitrogens with one attached hydrogen (secondary N) is 1. The molecular weight excluding hydrogens is 314 g/mol. The molecule has 3 rings (SSSR count). The molecule has 1 N–H and O–H groups in total. The Bertz CT molecular complexity index is 559. The fraction of sp³-hybridized carbons (Fsp3) is 0.650. The van der Waals surface area contributed by atoms with Crippen molar-refractivity contribution in [2.24, 2.45) is 11.8 Å². The molecule has 0 aliphatic carbocycles. The number of likely N-dealkylation sites (tertiary alicyclic amines) is 1. The van der Waals surface area contributed by atoms with E-state index in [4.69, 9.17) is 4.74 Å². The Labute approximate surface area is 151 Å². The van der Waals surface area contributed by atoms with Crippen LogP contribution in [0.15, 0.2) is 24.3 Å². The van der Waals surface area contributed by atoms with E-state index in [0.29, 0.717) is 11.8 Å². The van der Waals surface area contributed by atoms with Crippen LogP contribution in [0.5, 0.6) is 0 Å². The largest absolute Gasteiger partial charge is 0.378 e. The van der Waals surface area contributed by atoms with E-state index in [1.165, 1.54) is 12.1 Å². The molecular formula is C20H31N3O2. The molecule has 0 bridgehead atoms. The molecule has 0 unspecified atom stereocenters.